The van der Waals surface area contributed by atoms with Gasteiger partial charge in [0.1, 0.15) is 0 Å². The molecule has 0 saturated heterocycles. The van der Waals surface area contributed by atoms with Crippen molar-refractivity contribution >= 4 is 10.0 Å². The molecule has 0 radical (unpaired) electrons. The number of aryl methyl sites for hydroxylation is 2. The molecule has 0 atom stereocenters. The van der Waals surface area contributed by atoms with Crippen LogP contribution in [0.2, 0.25) is 0 Å². The fourth-order valence-electron chi connectivity index (χ4n) is 1.78. The minimum absolute atomic E-state index is 0.160. The second-order valence-corrected chi connectivity index (χ2v) is 6.60. The molecule has 1 aromatic rings. The molecule has 98 valence electrons. The lowest BCUT2D eigenvalue weighted by molar-refractivity contribution is 0.462. The standard InChI is InChI=1S/C11H21N3O2S/c1-5-17(15,16)14(4)8-6-7-11-9(2)12-13-10(11)3/h5-8H2,1-4H3,(H,12,13). The van der Waals surface area contributed by atoms with Gasteiger partial charge >= 0.3 is 0 Å². The van der Waals surface area contributed by atoms with Crippen molar-refractivity contribution in [1.29, 1.82) is 0 Å². The summed E-state index contributed by atoms with van der Waals surface area (Å²) in [7, 11) is -1.42. The molecule has 1 aromatic heterocycles. The van der Waals surface area contributed by atoms with Gasteiger partial charge in [0.05, 0.1) is 11.4 Å². The molecule has 0 aliphatic carbocycles. The van der Waals surface area contributed by atoms with Crippen LogP contribution >= 0.6 is 0 Å². The Morgan fingerprint density at radius 1 is 1.35 bits per heavy atom. The lowest BCUT2D eigenvalue weighted by atomic mass is 10.1. The Kier molecular flexibility index (Phi) is 4.70. The number of nitrogens with zero attached hydrogens (tertiary/aromatic N) is 2. The van der Waals surface area contributed by atoms with Crippen molar-refractivity contribution in [2.24, 2.45) is 0 Å². The van der Waals surface area contributed by atoms with Gasteiger partial charge in [-0.1, -0.05) is 0 Å². The Balaban J connectivity index is 2.49. The van der Waals surface area contributed by atoms with E-state index in [4.69, 9.17) is 0 Å². The first-order valence-corrected chi connectivity index (χ1v) is 7.44. The third-order valence-electron chi connectivity index (χ3n) is 3.02. The zero-order valence-corrected chi connectivity index (χ0v) is 11.8. The van der Waals surface area contributed by atoms with Crippen molar-refractivity contribution in [3.8, 4) is 0 Å². The highest BCUT2D eigenvalue weighted by atomic mass is 32.2. The average molecular weight is 259 g/mol. The third-order valence-corrected chi connectivity index (χ3v) is 4.88. The normalized spacial score (nSPS) is 12.3. The lowest BCUT2D eigenvalue weighted by Crippen LogP contribution is -2.29. The number of nitrogens with one attached hydrogen (secondary N) is 1. The minimum Gasteiger partial charge on any atom is -0.282 e. The van der Waals surface area contributed by atoms with Gasteiger partial charge in [-0.25, -0.2) is 12.7 Å². The maximum absolute atomic E-state index is 11.5. The molecule has 0 aromatic carbocycles. The van der Waals surface area contributed by atoms with E-state index in [0.717, 1.165) is 24.2 Å². The highest BCUT2D eigenvalue weighted by Crippen LogP contribution is 2.12. The minimum atomic E-state index is -3.05. The first-order chi connectivity index (χ1) is 7.88. The first kappa shape index (κ1) is 14.2. The summed E-state index contributed by atoms with van der Waals surface area (Å²) in [6.07, 6.45) is 1.68. The van der Waals surface area contributed by atoms with E-state index in [1.54, 1.807) is 14.0 Å². The van der Waals surface area contributed by atoms with Crippen molar-refractivity contribution < 1.29 is 8.42 Å². The van der Waals surface area contributed by atoms with Crippen LogP contribution in [0.25, 0.3) is 0 Å². The first-order valence-electron chi connectivity index (χ1n) is 5.83. The van der Waals surface area contributed by atoms with Crippen molar-refractivity contribution in [2.75, 3.05) is 19.3 Å². The van der Waals surface area contributed by atoms with E-state index in [-0.39, 0.29) is 5.75 Å². The Morgan fingerprint density at radius 2 is 2.00 bits per heavy atom. The van der Waals surface area contributed by atoms with Crippen LogP contribution in [0.5, 0.6) is 0 Å². The number of H-pyrrole nitrogens is 1. The highest BCUT2D eigenvalue weighted by molar-refractivity contribution is 7.89. The topological polar surface area (TPSA) is 66.1 Å². The van der Waals surface area contributed by atoms with E-state index in [1.165, 1.54) is 9.87 Å². The number of sulfonamides is 1. The lowest BCUT2D eigenvalue weighted by Gasteiger charge is -2.15. The van der Waals surface area contributed by atoms with Gasteiger partial charge in [0, 0.05) is 19.3 Å². The zero-order chi connectivity index (χ0) is 13.1. The van der Waals surface area contributed by atoms with Crippen molar-refractivity contribution in [2.45, 2.75) is 33.6 Å². The molecule has 0 unspecified atom stereocenters. The fraction of sp³-hybridized carbons (Fsp3) is 0.727. The van der Waals surface area contributed by atoms with Gasteiger partial charge in [-0.05, 0) is 39.2 Å². The molecule has 1 N–H and O–H groups in total. The van der Waals surface area contributed by atoms with E-state index in [2.05, 4.69) is 10.2 Å². The largest absolute Gasteiger partial charge is 0.282 e. The number of hydrogen-bond donors (Lipinski definition) is 1. The van der Waals surface area contributed by atoms with Crippen LogP contribution in [0.15, 0.2) is 0 Å². The SMILES string of the molecule is CCS(=O)(=O)N(C)CCCc1c(C)n[nH]c1C. The third kappa shape index (κ3) is 3.54. The fourth-order valence-corrected chi connectivity index (χ4v) is 2.63. The Labute approximate surface area is 103 Å². The van der Waals surface area contributed by atoms with Gasteiger partial charge in [-0.15, -0.1) is 0 Å². The highest BCUT2D eigenvalue weighted by Gasteiger charge is 2.14. The number of hydrogen-bond acceptors (Lipinski definition) is 3. The molecule has 6 heteroatoms. The van der Waals surface area contributed by atoms with Gasteiger partial charge in [0.15, 0.2) is 0 Å². The Hall–Kier alpha value is -0.880. The van der Waals surface area contributed by atoms with Crippen molar-refractivity contribution in [1.82, 2.24) is 14.5 Å². The Morgan fingerprint density at radius 3 is 2.47 bits per heavy atom. The van der Waals surface area contributed by atoms with Crippen LogP contribution < -0.4 is 0 Å². The smallest absolute Gasteiger partial charge is 0.213 e. The number of aromatic nitrogens is 2. The van der Waals surface area contributed by atoms with E-state index in [9.17, 15) is 8.42 Å². The second kappa shape index (κ2) is 5.64. The molecule has 0 bridgehead atoms. The van der Waals surface area contributed by atoms with Crippen LogP contribution in [0, 0.1) is 13.8 Å². The molecule has 0 spiro atoms. The summed E-state index contributed by atoms with van der Waals surface area (Å²) in [6.45, 7) is 6.17. The van der Waals surface area contributed by atoms with Crippen LogP contribution in [-0.4, -0.2) is 42.3 Å². The van der Waals surface area contributed by atoms with Crippen molar-refractivity contribution in [3.05, 3.63) is 17.0 Å². The Bertz CT molecular complexity index is 446. The summed E-state index contributed by atoms with van der Waals surface area (Å²) in [5.41, 5.74) is 3.28. The van der Waals surface area contributed by atoms with Gasteiger partial charge < -0.3 is 0 Å². The van der Waals surface area contributed by atoms with Gasteiger partial charge in [0.2, 0.25) is 10.0 Å². The maximum atomic E-state index is 11.5. The van der Waals surface area contributed by atoms with Crippen molar-refractivity contribution in [3.63, 3.8) is 0 Å². The quantitative estimate of drug-likeness (QED) is 0.836. The van der Waals surface area contributed by atoms with E-state index < -0.39 is 10.0 Å². The summed E-state index contributed by atoms with van der Waals surface area (Å²) in [5.74, 6) is 0.160. The molecule has 0 aliphatic rings. The molecule has 1 heterocycles. The molecule has 1 rings (SSSR count). The molecule has 0 aliphatic heterocycles. The predicted octanol–water partition coefficient (Wildman–Crippen LogP) is 1.24. The van der Waals surface area contributed by atoms with Gasteiger partial charge in [-0.3, -0.25) is 5.10 Å². The van der Waals surface area contributed by atoms with Crippen LogP contribution in [0.3, 0.4) is 0 Å². The summed E-state index contributed by atoms with van der Waals surface area (Å²) in [6, 6.07) is 0. The van der Waals surface area contributed by atoms with Crippen LogP contribution in [0.4, 0.5) is 0 Å². The number of rotatable bonds is 6. The second-order valence-electron chi connectivity index (χ2n) is 4.24. The monoisotopic (exact) mass is 259 g/mol. The molecule has 0 fully saturated rings. The summed E-state index contributed by atoms with van der Waals surface area (Å²) >= 11 is 0. The zero-order valence-electron chi connectivity index (χ0n) is 10.9. The van der Waals surface area contributed by atoms with Crippen LogP contribution in [-0.2, 0) is 16.4 Å². The van der Waals surface area contributed by atoms with E-state index in [0.29, 0.717) is 6.54 Å². The molecule has 5 nitrogen and oxygen atoms in total. The molecular formula is C11H21N3O2S. The summed E-state index contributed by atoms with van der Waals surface area (Å²) in [4.78, 5) is 0. The average Bonchev–Trinajstić information content (AvgIpc) is 2.60. The maximum Gasteiger partial charge on any atom is 0.213 e. The molecular weight excluding hydrogens is 238 g/mol. The molecule has 17 heavy (non-hydrogen) atoms. The van der Waals surface area contributed by atoms with E-state index >= 15 is 0 Å². The molecule has 0 amide bonds. The predicted molar refractivity (Wildman–Crippen MR) is 68.5 cm³/mol. The summed E-state index contributed by atoms with van der Waals surface area (Å²) < 4.78 is 24.5. The van der Waals surface area contributed by atoms with E-state index in [1.807, 2.05) is 13.8 Å². The number of aromatic amines is 1. The van der Waals surface area contributed by atoms with Crippen LogP contribution in [0.1, 0.15) is 30.3 Å². The summed E-state index contributed by atoms with van der Waals surface area (Å²) in [5, 5.41) is 7.06. The van der Waals surface area contributed by atoms with Gasteiger partial charge in [-0.2, -0.15) is 5.10 Å². The van der Waals surface area contributed by atoms with Gasteiger partial charge in [0.25, 0.3) is 0 Å². The molecule has 0 saturated carbocycles.